The van der Waals surface area contributed by atoms with Crippen LogP contribution in [0.4, 0.5) is 4.79 Å². The Labute approximate surface area is 132 Å². The molecule has 3 heteroatoms. The smallest absolute Gasteiger partial charge is 0.320 e. The molecule has 22 heavy (non-hydrogen) atoms. The number of hydrogen-bond acceptors (Lipinski definition) is 1. The average Bonchev–Trinajstić information content (AvgIpc) is 2.73. The molecule has 0 saturated carbocycles. The van der Waals surface area contributed by atoms with Gasteiger partial charge in [-0.1, -0.05) is 60.7 Å². The first-order valence-corrected chi connectivity index (χ1v) is 7.65. The monoisotopic (exact) mass is 294 g/mol. The molecule has 0 bridgehead atoms. The lowest BCUT2D eigenvalue weighted by atomic mass is 9.81. The number of amides is 2. The van der Waals surface area contributed by atoms with Gasteiger partial charge in [-0.25, -0.2) is 4.79 Å². The number of likely N-dealkylation sites (N-methyl/N-ethyl adjacent to an activating group) is 2. The van der Waals surface area contributed by atoms with Crippen molar-refractivity contribution in [3.8, 4) is 0 Å². The van der Waals surface area contributed by atoms with E-state index in [1.165, 1.54) is 11.1 Å². The molecule has 3 nitrogen and oxygen atoms in total. The van der Waals surface area contributed by atoms with Crippen molar-refractivity contribution in [2.75, 3.05) is 14.1 Å². The van der Waals surface area contributed by atoms with Gasteiger partial charge < -0.3 is 9.80 Å². The predicted molar refractivity (Wildman–Crippen MR) is 88.7 cm³/mol. The summed E-state index contributed by atoms with van der Waals surface area (Å²) in [4.78, 5) is 16.3. The van der Waals surface area contributed by atoms with Crippen molar-refractivity contribution < 1.29 is 4.79 Å². The Bertz CT molecular complexity index is 656. The number of benzene rings is 2. The molecule has 3 rings (SSSR count). The number of rotatable bonds is 3. The summed E-state index contributed by atoms with van der Waals surface area (Å²) < 4.78 is 0. The molecule has 0 N–H and O–H groups in total. The van der Waals surface area contributed by atoms with Gasteiger partial charge in [0.15, 0.2) is 0 Å². The largest absolute Gasteiger partial charge is 0.322 e. The normalized spacial score (nSPS) is 24.9. The van der Waals surface area contributed by atoms with Crippen molar-refractivity contribution in [2.24, 2.45) is 0 Å². The molecule has 1 saturated heterocycles. The van der Waals surface area contributed by atoms with Crippen LogP contribution in [0.15, 0.2) is 60.7 Å². The highest BCUT2D eigenvalue weighted by molar-refractivity contribution is 5.79. The zero-order chi connectivity index (χ0) is 15.7. The molecule has 1 fully saturated rings. The van der Waals surface area contributed by atoms with E-state index in [4.69, 9.17) is 0 Å². The van der Waals surface area contributed by atoms with Gasteiger partial charge in [0.05, 0.1) is 11.6 Å². The zero-order valence-corrected chi connectivity index (χ0v) is 13.4. The summed E-state index contributed by atoms with van der Waals surface area (Å²) in [6, 6.07) is 20.9. The Morgan fingerprint density at radius 3 is 2.09 bits per heavy atom. The lowest BCUT2D eigenvalue weighted by molar-refractivity contribution is 0.174. The SMILES string of the molecule is CN1C(=O)N(C)C(C)(c2ccccc2)C1Cc1ccccc1. The van der Waals surface area contributed by atoms with Gasteiger partial charge in [-0.2, -0.15) is 0 Å². The molecule has 1 aliphatic heterocycles. The first kappa shape index (κ1) is 14.6. The molecule has 1 heterocycles. The third-order valence-corrected chi connectivity index (χ3v) is 5.03. The molecule has 2 atom stereocenters. The van der Waals surface area contributed by atoms with Crippen LogP contribution in [0, 0.1) is 0 Å². The van der Waals surface area contributed by atoms with Crippen LogP contribution in [-0.2, 0) is 12.0 Å². The minimum atomic E-state index is -0.330. The van der Waals surface area contributed by atoms with E-state index in [1.54, 1.807) is 0 Å². The quantitative estimate of drug-likeness (QED) is 0.849. The summed E-state index contributed by atoms with van der Waals surface area (Å²) in [5.41, 5.74) is 2.10. The lowest BCUT2D eigenvalue weighted by Gasteiger charge is -2.37. The van der Waals surface area contributed by atoms with Gasteiger partial charge >= 0.3 is 6.03 Å². The van der Waals surface area contributed by atoms with Crippen molar-refractivity contribution in [3.63, 3.8) is 0 Å². The van der Waals surface area contributed by atoms with Gasteiger partial charge in [0.1, 0.15) is 0 Å². The Hall–Kier alpha value is -2.29. The van der Waals surface area contributed by atoms with E-state index in [1.807, 2.05) is 48.2 Å². The number of hydrogen-bond donors (Lipinski definition) is 0. The maximum absolute atomic E-state index is 12.5. The molecule has 2 unspecified atom stereocenters. The molecule has 114 valence electrons. The van der Waals surface area contributed by atoms with Crippen LogP contribution in [0.25, 0.3) is 0 Å². The average molecular weight is 294 g/mol. The van der Waals surface area contributed by atoms with Crippen LogP contribution >= 0.6 is 0 Å². The number of urea groups is 1. The van der Waals surface area contributed by atoms with Crippen LogP contribution < -0.4 is 0 Å². The summed E-state index contributed by atoms with van der Waals surface area (Å²) in [7, 11) is 3.80. The summed E-state index contributed by atoms with van der Waals surface area (Å²) in [5.74, 6) is 0. The van der Waals surface area contributed by atoms with Crippen molar-refractivity contribution in [1.82, 2.24) is 9.80 Å². The van der Waals surface area contributed by atoms with Crippen LogP contribution in [0.5, 0.6) is 0 Å². The Kier molecular flexibility index (Phi) is 3.65. The predicted octanol–water partition coefficient (Wildman–Crippen LogP) is 3.51. The molecule has 2 aromatic carbocycles. The molecular formula is C19H22N2O. The fourth-order valence-corrected chi connectivity index (χ4v) is 3.50. The van der Waals surface area contributed by atoms with E-state index >= 15 is 0 Å². The molecular weight excluding hydrogens is 272 g/mol. The van der Waals surface area contributed by atoms with Gasteiger partial charge in [0.25, 0.3) is 0 Å². The zero-order valence-electron chi connectivity index (χ0n) is 13.4. The van der Waals surface area contributed by atoms with Crippen molar-refractivity contribution in [1.29, 1.82) is 0 Å². The Balaban J connectivity index is 2.03. The maximum atomic E-state index is 12.5. The highest BCUT2D eigenvalue weighted by Crippen LogP contribution is 2.40. The van der Waals surface area contributed by atoms with Crippen molar-refractivity contribution >= 4 is 6.03 Å². The second-order valence-corrected chi connectivity index (χ2v) is 6.17. The standard InChI is InChI=1S/C19H22N2O/c1-19(16-12-8-5-9-13-16)17(20(2)18(22)21(19)3)14-15-10-6-4-7-11-15/h4-13,17H,14H2,1-3H3. The summed E-state index contributed by atoms with van der Waals surface area (Å²) in [6.45, 7) is 2.16. The Morgan fingerprint density at radius 2 is 1.50 bits per heavy atom. The van der Waals surface area contributed by atoms with Crippen LogP contribution in [0.3, 0.4) is 0 Å². The van der Waals surface area contributed by atoms with Gasteiger partial charge in [-0.05, 0) is 24.5 Å². The minimum Gasteiger partial charge on any atom is -0.322 e. The highest BCUT2D eigenvalue weighted by atomic mass is 16.2. The molecule has 0 spiro atoms. The maximum Gasteiger partial charge on any atom is 0.320 e. The lowest BCUT2D eigenvalue weighted by Crippen LogP contribution is -2.46. The second-order valence-electron chi connectivity index (χ2n) is 6.17. The highest BCUT2D eigenvalue weighted by Gasteiger charge is 2.51. The van der Waals surface area contributed by atoms with E-state index in [9.17, 15) is 4.79 Å². The Morgan fingerprint density at radius 1 is 0.955 bits per heavy atom. The van der Waals surface area contributed by atoms with E-state index in [0.29, 0.717) is 0 Å². The fraction of sp³-hybridized carbons (Fsp3) is 0.316. The summed E-state index contributed by atoms with van der Waals surface area (Å²) in [6.07, 6.45) is 0.846. The van der Waals surface area contributed by atoms with E-state index < -0.39 is 0 Å². The molecule has 2 amide bonds. The van der Waals surface area contributed by atoms with Crippen molar-refractivity contribution in [3.05, 3.63) is 71.8 Å². The third-order valence-electron chi connectivity index (χ3n) is 5.03. The summed E-state index contributed by atoms with van der Waals surface area (Å²) in [5, 5.41) is 0. The first-order chi connectivity index (χ1) is 10.5. The second kappa shape index (κ2) is 5.48. The van der Waals surface area contributed by atoms with Crippen LogP contribution in [-0.4, -0.2) is 36.0 Å². The molecule has 0 aliphatic carbocycles. The molecule has 1 aliphatic rings. The van der Waals surface area contributed by atoms with Crippen molar-refractivity contribution in [2.45, 2.75) is 24.9 Å². The van der Waals surface area contributed by atoms with Gasteiger partial charge in [0, 0.05) is 14.1 Å². The fourth-order valence-electron chi connectivity index (χ4n) is 3.50. The number of carbonyl (C=O) groups is 1. The van der Waals surface area contributed by atoms with Gasteiger partial charge in [-0.3, -0.25) is 0 Å². The molecule has 0 radical (unpaired) electrons. The van der Waals surface area contributed by atoms with E-state index in [0.717, 1.165) is 6.42 Å². The van der Waals surface area contributed by atoms with Gasteiger partial charge in [-0.15, -0.1) is 0 Å². The van der Waals surface area contributed by atoms with E-state index in [2.05, 4.69) is 43.3 Å². The van der Waals surface area contributed by atoms with Crippen LogP contribution in [0.1, 0.15) is 18.1 Å². The van der Waals surface area contributed by atoms with Crippen LogP contribution in [0.2, 0.25) is 0 Å². The molecule has 2 aromatic rings. The van der Waals surface area contributed by atoms with Gasteiger partial charge in [0.2, 0.25) is 0 Å². The number of nitrogens with zero attached hydrogens (tertiary/aromatic N) is 2. The first-order valence-electron chi connectivity index (χ1n) is 7.65. The third kappa shape index (κ3) is 2.17. The topological polar surface area (TPSA) is 23.6 Å². The van der Waals surface area contributed by atoms with E-state index in [-0.39, 0.29) is 17.6 Å². The minimum absolute atomic E-state index is 0.0762. The summed E-state index contributed by atoms with van der Waals surface area (Å²) >= 11 is 0. The molecule has 0 aromatic heterocycles. The number of carbonyl (C=O) groups excluding carboxylic acids is 1.